The predicted molar refractivity (Wildman–Crippen MR) is 75.4 cm³/mol. The lowest BCUT2D eigenvalue weighted by atomic mass is 10.2. The van der Waals surface area contributed by atoms with Gasteiger partial charge in [0.15, 0.2) is 6.61 Å². The molecule has 20 heavy (non-hydrogen) atoms. The molecular weight excluding hydrogens is 260 g/mol. The molecule has 0 unspecified atom stereocenters. The summed E-state index contributed by atoms with van der Waals surface area (Å²) in [4.78, 5) is 10.6. The third kappa shape index (κ3) is 7.73. The summed E-state index contributed by atoms with van der Waals surface area (Å²) in [6.07, 6.45) is 0.903. The molecule has 0 aromatic heterocycles. The van der Waals surface area contributed by atoms with Crippen molar-refractivity contribution in [3.63, 3.8) is 0 Å². The van der Waals surface area contributed by atoms with Crippen molar-refractivity contribution in [2.24, 2.45) is 5.73 Å². The van der Waals surface area contributed by atoms with Crippen LogP contribution in [0.4, 0.5) is 0 Å². The third-order valence-corrected chi connectivity index (χ3v) is 2.51. The quantitative estimate of drug-likeness (QED) is 0.498. The first kappa shape index (κ1) is 16.4. The van der Waals surface area contributed by atoms with Crippen molar-refractivity contribution >= 4 is 5.91 Å². The maximum Gasteiger partial charge on any atom is 0.255 e. The first-order chi connectivity index (χ1) is 9.72. The van der Waals surface area contributed by atoms with Crippen LogP contribution in [0.1, 0.15) is 12.0 Å². The fourth-order valence-corrected chi connectivity index (χ4v) is 1.56. The highest BCUT2D eigenvalue weighted by molar-refractivity contribution is 5.75. The molecule has 0 spiro atoms. The van der Waals surface area contributed by atoms with Crippen molar-refractivity contribution in [3.05, 3.63) is 29.8 Å². The summed E-state index contributed by atoms with van der Waals surface area (Å²) in [5.74, 6) is 0.143. The standard InChI is InChI=1S/C14H22N2O4/c15-14(18)11-20-13-4-2-12(3-5-13)10-16-6-1-8-19-9-7-17/h2-5,16-17H,1,6-11H2,(H2,15,18). The minimum atomic E-state index is -0.487. The van der Waals surface area contributed by atoms with Gasteiger partial charge in [-0.2, -0.15) is 0 Å². The Morgan fingerprint density at radius 1 is 1.25 bits per heavy atom. The van der Waals surface area contributed by atoms with E-state index in [1.54, 1.807) is 0 Å². The Kier molecular flexibility index (Phi) is 8.37. The van der Waals surface area contributed by atoms with E-state index in [0.717, 1.165) is 25.1 Å². The van der Waals surface area contributed by atoms with Crippen LogP contribution in [-0.4, -0.2) is 44.0 Å². The Bertz CT molecular complexity index is 381. The van der Waals surface area contributed by atoms with Gasteiger partial charge in [-0.3, -0.25) is 4.79 Å². The minimum absolute atomic E-state index is 0.0671. The molecule has 0 radical (unpaired) electrons. The number of benzene rings is 1. The Labute approximate surface area is 118 Å². The minimum Gasteiger partial charge on any atom is -0.484 e. The largest absolute Gasteiger partial charge is 0.484 e. The molecule has 4 N–H and O–H groups in total. The van der Waals surface area contributed by atoms with Gasteiger partial charge in [-0.15, -0.1) is 0 Å². The van der Waals surface area contributed by atoms with Gasteiger partial charge in [-0.1, -0.05) is 12.1 Å². The number of aliphatic hydroxyl groups is 1. The number of carbonyl (C=O) groups excluding carboxylic acids is 1. The molecule has 112 valence electrons. The average molecular weight is 282 g/mol. The number of hydrogen-bond acceptors (Lipinski definition) is 5. The average Bonchev–Trinajstić information content (AvgIpc) is 2.45. The fraction of sp³-hybridized carbons (Fsp3) is 0.500. The van der Waals surface area contributed by atoms with Gasteiger partial charge in [0.05, 0.1) is 13.2 Å². The molecule has 0 aliphatic rings. The Morgan fingerprint density at radius 3 is 2.65 bits per heavy atom. The number of ether oxygens (including phenoxy) is 2. The molecule has 0 aliphatic carbocycles. The van der Waals surface area contributed by atoms with E-state index in [2.05, 4.69) is 5.32 Å². The molecule has 0 atom stereocenters. The molecule has 0 saturated carbocycles. The number of rotatable bonds is 11. The van der Waals surface area contributed by atoms with Crippen LogP contribution < -0.4 is 15.8 Å². The Morgan fingerprint density at radius 2 is 2.00 bits per heavy atom. The number of hydrogen-bond donors (Lipinski definition) is 3. The highest BCUT2D eigenvalue weighted by Gasteiger charge is 1.98. The zero-order valence-electron chi connectivity index (χ0n) is 11.5. The smallest absolute Gasteiger partial charge is 0.255 e. The summed E-state index contributed by atoms with van der Waals surface area (Å²) < 4.78 is 10.3. The van der Waals surface area contributed by atoms with Crippen LogP contribution in [0.3, 0.4) is 0 Å². The van der Waals surface area contributed by atoms with Gasteiger partial charge in [-0.05, 0) is 30.7 Å². The van der Waals surface area contributed by atoms with Crippen LogP contribution in [0.5, 0.6) is 5.75 Å². The van der Waals surface area contributed by atoms with E-state index < -0.39 is 5.91 Å². The van der Waals surface area contributed by atoms with Crippen LogP contribution in [0.15, 0.2) is 24.3 Å². The van der Waals surface area contributed by atoms with E-state index >= 15 is 0 Å². The van der Waals surface area contributed by atoms with Gasteiger partial charge in [0, 0.05) is 13.2 Å². The molecule has 1 amide bonds. The highest BCUT2D eigenvalue weighted by atomic mass is 16.5. The van der Waals surface area contributed by atoms with Gasteiger partial charge < -0.3 is 25.6 Å². The summed E-state index contributed by atoms with van der Waals surface area (Å²) in [5.41, 5.74) is 6.13. The summed E-state index contributed by atoms with van der Waals surface area (Å²) in [6, 6.07) is 7.49. The molecule has 1 aromatic carbocycles. The second kappa shape index (κ2) is 10.2. The number of nitrogens with two attached hydrogens (primary N) is 1. The van der Waals surface area contributed by atoms with Gasteiger partial charge >= 0.3 is 0 Å². The lowest BCUT2D eigenvalue weighted by Crippen LogP contribution is -2.20. The molecule has 6 nitrogen and oxygen atoms in total. The molecule has 0 aliphatic heterocycles. The molecule has 1 aromatic rings. The lowest BCUT2D eigenvalue weighted by molar-refractivity contribution is -0.119. The summed E-state index contributed by atoms with van der Waals surface area (Å²) in [5, 5.41) is 11.8. The number of nitrogens with one attached hydrogen (secondary N) is 1. The maximum absolute atomic E-state index is 10.6. The van der Waals surface area contributed by atoms with E-state index in [1.165, 1.54) is 0 Å². The van der Waals surface area contributed by atoms with Crippen LogP contribution >= 0.6 is 0 Å². The van der Waals surface area contributed by atoms with Gasteiger partial charge in [0.25, 0.3) is 5.91 Å². The second-order valence-corrected chi connectivity index (χ2v) is 4.27. The molecular formula is C14H22N2O4. The normalized spacial score (nSPS) is 10.4. The summed E-state index contributed by atoms with van der Waals surface area (Å²) in [6.45, 7) is 2.62. The van der Waals surface area contributed by atoms with Crippen molar-refractivity contribution in [2.75, 3.05) is 33.0 Å². The van der Waals surface area contributed by atoms with Gasteiger partial charge in [-0.25, -0.2) is 0 Å². The molecule has 0 saturated heterocycles. The van der Waals surface area contributed by atoms with E-state index in [-0.39, 0.29) is 13.2 Å². The van der Waals surface area contributed by atoms with Gasteiger partial charge in [0.2, 0.25) is 0 Å². The summed E-state index contributed by atoms with van der Waals surface area (Å²) >= 11 is 0. The van der Waals surface area contributed by atoms with Crippen molar-refractivity contribution in [2.45, 2.75) is 13.0 Å². The molecule has 1 rings (SSSR count). The number of primary amides is 1. The maximum atomic E-state index is 10.6. The van der Waals surface area contributed by atoms with Crippen LogP contribution in [0.2, 0.25) is 0 Å². The first-order valence-corrected chi connectivity index (χ1v) is 6.61. The van der Waals surface area contributed by atoms with Crippen molar-refractivity contribution in [1.82, 2.24) is 5.32 Å². The van der Waals surface area contributed by atoms with E-state index in [4.69, 9.17) is 20.3 Å². The van der Waals surface area contributed by atoms with Crippen LogP contribution in [-0.2, 0) is 16.1 Å². The van der Waals surface area contributed by atoms with Crippen molar-refractivity contribution in [3.8, 4) is 5.75 Å². The monoisotopic (exact) mass is 282 g/mol. The predicted octanol–water partition coefficient (Wildman–Crippen LogP) is 0.0393. The second-order valence-electron chi connectivity index (χ2n) is 4.27. The first-order valence-electron chi connectivity index (χ1n) is 6.61. The number of carbonyl (C=O) groups is 1. The van der Waals surface area contributed by atoms with Gasteiger partial charge in [0.1, 0.15) is 5.75 Å². The SMILES string of the molecule is NC(=O)COc1ccc(CNCCCOCCO)cc1. The van der Waals surface area contributed by atoms with E-state index in [9.17, 15) is 4.79 Å². The summed E-state index contributed by atoms with van der Waals surface area (Å²) in [7, 11) is 0. The molecule has 0 heterocycles. The molecule has 6 heteroatoms. The Hall–Kier alpha value is -1.63. The van der Waals surface area contributed by atoms with Crippen LogP contribution in [0.25, 0.3) is 0 Å². The van der Waals surface area contributed by atoms with Crippen molar-refractivity contribution in [1.29, 1.82) is 0 Å². The van der Waals surface area contributed by atoms with E-state index in [0.29, 0.717) is 19.0 Å². The molecule has 0 bridgehead atoms. The van der Waals surface area contributed by atoms with Crippen molar-refractivity contribution < 1.29 is 19.4 Å². The topological polar surface area (TPSA) is 93.8 Å². The highest BCUT2D eigenvalue weighted by Crippen LogP contribution is 2.11. The van der Waals surface area contributed by atoms with Crippen LogP contribution in [0, 0.1) is 0 Å². The lowest BCUT2D eigenvalue weighted by Gasteiger charge is -2.07. The fourth-order valence-electron chi connectivity index (χ4n) is 1.56. The van der Waals surface area contributed by atoms with E-state index in [1.807, 2.05) is 24.3 Å². The zero-order valence-corrected chi connectivity index (χ0v) is 11.5. The number of aliphatic hydroxyl groups excluding tert-OH is 1. The Balaban J connectivity index is 2.13. The zero-order chi connectivity index (χ0) is 14.6. The third-order valence-electron chi connectivity index (χ3n) is 2.51. The number of amides is 1. The molecule has 0 fully saturated rings.